The first-order chi connectivity index (χ1) is 34.6. The summed E-state index contributed by atoms with van der Waals surface area (Å²) >= 11 is 0. The Morgan fingerprint density at radius 2 is 0.639 bits per heavy atom. The van der Waals surface area contributed by atoms with E-state index < -0.39 is 118 Å². The van der Waals surface area contributed by atoms with Crippen LogP contribution < -0.4 is 0 Å². The third-order valence-electron chi connectivity index (χ3n) is 5.35. The van der Waals surface area contributed by atoms with Crippen LogP contribution in [0.15, 0.2) is 103 Å². The minimum Gasteiger partial charge on any atom is -0.495 e. The molecule has 3 atom stereocenters. The van der Waals surface area contributed by atoms with Crippen molar-refractivity contribution in [2.75, 3.05) is 61.4 Å². The van der Waals surface area contributed by atoms with E-state index in [-0.39, 0.29) is 56.9 Å². The van der Waals surface area contributed by atoms with E-state index in [1.165, 1.54) is 4.74 Å². The molecule has 0 N–H and O–H groups in total. The highest BCUT2D eigenvalue weighted by Crippen LogP contribution is 2.56. The molecular formula is C45H76F32O6. The monoisotopic (exact) mass is 1320 g/mol. The van der Waals surface area contributed by atoms with Crippen LogP contribution in [0.25, 0.3) is 0 Å². The number of hydrogen-bond donors (Lipinski definition) is 0. The van der Waals surface area contributed by atoms with E-state index in [9.17, 15) is 140 Å². The van der Waals surface area contributed by atoms with Gasteiger partial charge < -0.3 is 18.9 Å². The van der Waals surface area contributed by atoms with Gasteiger partial charge in [0.25, 0.3) is 0 Å². The molecule has 0 aliphatic rings. The summed E-state index contributed by atoms with van der Waals surface area (Å²) in [6, 6.07) is 0. The summed E-state index contributed by atoms with van der Waals surface area (Å²) in [4.78, 5) is 0. The lowest BCUT2D eigenvalue weighted by Crippen LogP contribution is -2.67. The molecule has 516 valence electrons. The lowest BCUT2D eigenvalue weighted by molar-refractivity contribution is -0.552. The highest BCUT2D eigenvalue weighted by Gasteiger charge is 2.85. The van der Waals surface area contributed by atoms with Crippen LogP contribution >= 0.6 is 0 Å². The van der Waals surface area contributed by atoms with Gasteiger partial charge in [0.1, 0.15) is 0 Å². The van der Waals surface area contributed by atoms with Gasteiger partial charge in [-0.05, 0) is 6.92 Å². The third-order valence-corrected chi connectivity index (χ3v) is 5.35. The molecule has 83 heavy (non-hydrogen) atoms. The predicted octanol–water partition coefficient (Wildman–Crippen LogP) is 21.4. The van der Waals surface area contributed by atoms with Gasteiger partial charge in [0.05, 0.1) is 46.6 Å². The second-order valence-electron chi connectivity index (χ2n) is 10.6. The first-order valence-corrected chi connectivity index (χ1v) is 17.8. The average Bonchev–Trinajstić information content (AvgIpc) is 3.35. The topological polar surface area (TPSA) is 55.4 Å². The number of alkyl halides is 32. The molecule has 0 aliphatic carbocycles. The molecule has 0 aromatic carbocycles. The Hall–Kier alpha value is -5.20. The van der Waals surface area contributed by atoms with Gasteiger partial charge in [-0.15, -0.1) is 39.5 Å². The maximum absolute atomic E-state index is 13.7. The van der Waals surface area contributed by atoms with Gasteiger partial charge in [-0.3, -0.25) is 22.6 Å². The second kappa shape index (κ2) is 58.6. The Bertz CT molecular complexity index is 1420. The van der Waals surface area contributed by atoms with Gasteiger partial charge >= 0.3 is 72.3 Å². The number of allylic oxidation sites excluding steroid dienone is 1. The van der Waals surface area contributed by atoms with Gasteiger partial charge in [-0.25, -0.2) is 13.2 Å². The Morgan fingerprint density at radius 1 is 0.373 bits per heavy atom. The van der Waals surface area contributed by atoms with E-state index in [4.69, 9.17) is 0 Å². The standard InChI is InChI=1S/C11H5F17O3.C6H9F3O.2C5H7F3O.C3H3F3.3C2H4.3CH3F.6CH4/c1-2-29-3-4(12,7(16,17)18)30-11(27,28)6(15,9(22,23)24)31-10(25,26)5(13,14)8(19,20)21;1-3-10-5(2)6(8,9)4-7;2*1-2-9-4-5(7,8)3-6;1-2-3(4,5)6;6*1-2;;;;;;/h2H,1,3H2;3,5H,1,4H2,2H3;2*2H,1,3-4H2;2H,1H2;3*1-2H2;3*1H3;6*1H4. The molecule has 3 unspecified atom stereocenters. The van der Waals surface area contributed by atoms with Crippen molar-refractivity contribution < 1.29 is 169 Å². The molecule has 0 rings (SSSR count). The van der Waals surface area contributed by atoms with Crippen molar-refractivity contribution in [2.45, 2.75) is 130 Å². The fourth-order valence-corrected chi connectivity index (χ4v) is 2.08. The summed E-state index contributed by atoms with van der Waals surface area (Å²) in [7, 11) is 1.50. The smallest absolute Gasteiger partial charge is 0.462 e. The number of rotatable bonds is 21. The zero-order chi connectivity index (χ0) is 65.6. The fourth-order valence-electron chi connectivity index (χ4n) is 2.08. The van der Waals surface area contributed by atoms with Crippen LogP contribution in [0.3, 0.4) is 0 Å². The maximum atomic E-state index is 13.7. The predicted molar refractivity (Wildman–Crippen MR) is 256 cm³/mol. The number of hydrogen-bond acceptors (Lipinski definition) is 6. The van der Waals surface area contributed by atoms with Gasteiger partial charge in [0.2, 0.25) is 0 Å². The number of ether oxygens (including phenoxy) is 6. The second-order valence-corrected chi connectivity index (χ2v) is 10.6. The zero-order valence-electron chi connectivity index (χ0n) is 40.0. The molecule has 38 heteroatoms. The highest BCUT2D eigenvalue weighted by molar-refractivity contribution is 4.95. The van der Waals surface area contributed by atoms with Crippen molar-refractivity contribution in [1.29, 1.82) is 0 Å². The molecule has 0 bridgehead atoms. The van der Waals surface area contributed by atoms with E-state index in [2.05, 4.69) is 91.3 Å². The molecule has 0 aromatic heterocycles. The van der Waals surface area contributed by atoms with E-state index in [0.29, 0.717) is 21.5 Å². The highest BCUT2D eigenvalue weighted by atomic mass is 19.4. The Kier molecular flexibility index (Phi) is 87.6. The summed E-state index contributed by atoms with van der Waals surface area (Å²) in [5.74, 6) is -32.0. The molecular weight excluding hydrogens is 1240 g/mol. The summed E-state index contributed by atoms with van der Waals surface area (Å²) in [6.45, 7) is 23.3. The summed E-state index contributed by atoms with van der Waals surface area (Å²) < 4.78 is 402. The first-order valence-electron chi connectivity index (χ1n) is 17.8. The van der Waals surface area contributed by atoms with Crippen molar-refractivity contribution in [2.24, 2.45) is 0 Å². The molecule has 0 radical (unpaired) electrons. The molecule has 0 fully saturated rings. The Balaban J connectivity index is -0.0000000464. The lowest BCUT2D eigenvalue weighted by atomic mass is 10.2. The molecule has 0 heterocycles. The number of halogens is 32. The first kappa shape index (κ1) is 124. The molecule has 0 saturated heterocycles. The fraction of sp³-hybridized carbons (Fsp3) is 0.644. The molecule has 0 aromatic rings. The van der Waals surface area contributed by atoms with Gasteiger partial charge in [-0.1, -0.05) is 77.5 Å². The van der Waals surface area contributed by atoms with Crippen molar-refractivity contribution in [3.63, 3.8) is 0 Å². The lowest BCUT2D eigenvalue weighted by Gasteiger charge is -2.40. The van der Waals surface area contributed by atoms with E-state index in [1.807, 2.05) is 4.74 Å². The van der Waals surface area contributed by atoms with Crippen LogP contribution in [0.1, 0.15) is 51.5 Å². The Morgan fingerprint density at radius 3 is 0.819 bits per heavy atom. The van der Waals surface area contributed by atoms with E-state index in [0.717, 1.165) is 25.7 Å². The minimum absolute atomic E-state index is 0. The largest absolute Gasteiger partial charge is 0.495 e. The minimum atomic E-state index is -7.89. The maximum Gasteiger partial charge on any atom is 0.462 e. The SMILES string of the molecule is C.C.C.C.C.C.C=C.C=C.C=C.C=CC(F)(F)F.C=COC(C)C(F)(F)CF.C=COCC(F)(F)CF.C=COCC(F)(F)CF.C=COCC(F)(OC(F)(F)C(F)(OC(F)(F)C(F)(F)C(F)(F)F)C(F)(F)F)C(F)(F)F.CF.CF.CF. The Labute approximate surface area is 463 Å². The quantitative estimate of drug-likeness (QED) is 0.0648. The van der Waals surface area contributed by atoms with Gasteiger partial charge in [0.15, 0.2) is 45.9 Å². The van der Waals surface area contributed by atoms with Gasteiger partial charge in [0, 0.05) is 6.08 Å². The van der Waals surface area contributed by atoms with Crippen LogP contribution in [0, 0.1) is 0 Å². The van der Waals surface area contributed by atoms with E-state index >= 15 is 0 Å². The van der Waals surface area contributed by atoms with Crippen LogP contribution in [-0.2, 0) is 28.4 Å². The van der Waals surface area contributed by atoms with Crippen molar-refractivity contribution >= 4 is 0 Å². The zero-order valence-corrected chi connectivity index (χ0v) is 40.0. The van der Waals surface area contributed by atoms with Crippen LogP contribution in [0.2, 0.25) is 0 Å². The molecule has 0 aliphatic heterocycles. The third kappa shape index (κ3) is 55.7. The van der Waals surface area contributed by atoms with Crippen LogP contribution in [0.5, 0.6) is 0 Å². The van der Waals surface area contributed by atoms with E-state index in [1.54, 1.807) is 0 Å². The van der Waals surface area contributed by atoms with Crippen LogP contribution in [-0.4, -0.2) is 140 Å². The summed E-state index contributed by atoms with van der Waals surface area (Å²) in [5.41, 5.74) is 0. The normalized spacial score (nSPS) is 12.3. The van der Waals surface area contributed by atoms with Crippen molar-refractivity contribution in [3.05, 3.63) is 103 Å². The average molecular weight is 1320 g/mol. The van der Waals surface area contributed by atoms with Crippen molar-refractivity contribution in [3.8, 4) is 0 Å². The molecule has 0 saturated carbocycles. The molecule has 0 spiro atoms. The van der Waals surface area contributed by atoms with Gasteiger partial charge in [-0.2, -0.15) is 114 Å². The van der Waals surface area contributed by atoms with Crippen molar-refractivity contribution in [1.82, 2.24) is 0 Å². The molecule has 0 amide bonds. The van der Waals surface area contributed by atoms with Crippen LogP contribution in [0.4, 0.5) is 140 Å². The molecule has 6 nitrogen and oxygen atoms in total. The summed E-state index contributed by atoms with van der Waals surface area (Å²) in [6.07, 6.45) is -41.0. The summed E-state index contributed by atoms with van der Waals surface area (Å²) in [5, 5.41) is 0.